The van der Waals surface area contributed by atoms with Gasteiger partial charge >= 0.3 is 0 Å². The molecular weight excluding hydrogens is 516 g/mol. The summed E-state index contributed by atoms with van der Waals surface area (Å²) in [6, 6.07) is 7.76. The van der Waals surface area contributed by atoms with Crippen molar-refractivity contribution in [3.05, 3.63) is 59.5 Å². The second kappa shape index (κ2) is 11.7. The summed E-state index contributed by atoms with van der Waals surface area (Å²) in [6.45, 7) is 15.0. The third kappa shape index (κ3) is 5.11. The molecule has 0 N–H and O–H groups in total. The van der Waals surface area contributed by atoms with Gasteiger partial charge in [-0.05, 0) is 146 Å². The van der Waals surface area contributed by atoms with Crippen LogP contribution in [0.1, 0.15) is 117 Å². The van der Waals surface area contributed by atoms with Crippen molar-refractivity contribution in [1.29, 1.82) is 0 Å². The van der Waals surface area contributed by atoms with E-state index in [1.165, 1.54) is 51.4 Å². The number of hydrogen-bond donors (Lipinski definition) is 0. The molecule has 2 heterocycles. The van der Waals surface area contributed by atoms with E-state index in [0.29, 0.717) is 11.3 Å². The van der Waals surface area contributed by atoms with Gasteiger partial charge in [-0.3, -0.25) is 4.79 Å². The summed E-state index contributed by atoms with van der Waals surface area (Å²) in [6.07, 6.45) is 20.3. The highest BCUT2D eigenvalue weighted by Crippen LogP contribution is 2.69. The van der Waals surface area contributed by atoms with Gasteiger partial charge in [-0.15, -0.1) is 0 Å². The number of furan rings is 2. The number of Topliss-reactive ketones (excluding diaryl/α,β-unsaturated/α-hetero) is 1. The average Bonchev–Trinajstić information content (AvgIpc) is 3.72. The molecule has 42 heavy (non-hydrogen) atoms. The Morgan fingerprint density at radius 2 is 1.57 bits per heavy atom. The summed E-state index contributed by atoms with van der Waals surface area (Å²) in [4.78, 5) is 14.0. The van der Waals surface area contributed by atoms with E-state index in [9.17, 15) is 4.79 Å². The van der Waals surface area contributed by atoms with Crippen LogP contribution in [0.25, 0.3) is 12.2 Å². The molecule has 4 aliphatic carbocycles. The van der Waals surface area contributed by atoms with Gasteiger partial charge in [0.25, 0.3) is 0 Å². The summed E-state index contributed by atoms with van der Waals surface area (Å²) in [5.41, 5.74) is 2.40. The van der Waals surface area contributed by atoms with E-state index >= 15 is 0 Å². The molecule has 9 atom stereocenters. The van der Waals surface area contributed by atoms with Crippen LogP contribution in [0.15, 0.2) is 56.8 Å². The van der Waals surface area contributed by atoms with Crippen molar-refractivity contribution in [2.75, 3.05) is 0 Å². The van der Waals surface area contributed by atoms with E-state index in [0.717, 1.165) is 71.0 Å². The molecule has 3 nitrogen and oxygen atoms in total. The molecule has 0 aromatic carbocycles. The van der Waals surface area contributed by atoms with Crippen molar-refractivity contribution in [3.8, 4) is 0 Å². The average molecular weight is 571 g/mol. The van der Waals surface area contributed by atoms with Crippen LogP contribution < -0.4 is 0 Å². The van der Waals surface area contributed by atoms with Crippen LogP contribution >= 0.6 is 0 Å². The Morgan fingerprint density at radius 3 is 2.21 bits per heavy atom. The van der Waals surface area contributed by atoms with Gasteiger partial charge in [-0.25, -0.2) is 0 Å². The van der Waals surface area contributed by atoms with E-state index in [1.807, 2.05) is 30.3 Å². The van der Waals surface area contributed by atoms with E-state index in [-0.39, 0.29) is 17.1 Å². The highest BCUT2D eigenvalue weighted by molar-refractivity contribution is 6.14. The Labute approximate surface area is 254 Å². The molecule has 228 valence electrons. The standard InChI is InChI=1S/C39H54O3/c1-7-27(25(2)3)13-12-26(4)33-16-17-34-31-14-15-35-32(23-30-11-9-21-42-30)37(40)28(22-29-10-8-20-41-29)24-39(35,6)36(31)18-19-38(33,34)5/h8-11,20-23,25-27,31,33-36H,7,12-19,24H2,1-6H3/b28-22-,32-23+/t26-,27-,31+,33-,34+,35-,36+,38-,39+/m1/s1. The van der Waals surface area contributed by atoms with Crippen molar-refractivity contribution < 1.29 is 13.6 Å². The maximum absolute atomic E-state index is 14.0. The van der Waals surface area contributed by atoms with Crippen molar-refractivity contribution in [2.45, 2.75) is 106 Å². The number of fused-ring (bicyclic) bond motifs is 5. The van der Waals surface area contributed by atoms with Crippen LogP contribution in [-0.4, -0.2) is 5.78 Å². The zero-order chi connectivity index (χ0) is 29.6. The zero-order valence-electron chi connectivity index (χ0n) is 27.0. The van der Waals surface area contributed by atoms with Gasteiger partial charge in [0.1, 0.15) is 11.5 Å². The Morgan fingerprint density at radius 1 is 0.881 bits per heavy atom. The minimum Gasteiger partial charge on any atom is -0.465 e. The fourth-order valence-electron chi connectivity index (χ4n) is 11.1. The number of carbonyl (C=O) groups is 1. The minimum absolute atomic E-state index is 0.0737. The molecule has 4 saturated carbocycles. The van der Waals surface area contributed by atoms with Crippen molar-refractivity contribution in [2.24, 2.45) is 58.2 Å². The van der Waals surface area contributed by atoms with Gasteiger partial charge in [0.2, 0.25) is 0 Å². The SMILES string of the molecule is CC[C@H](CC[C@@H](C)[C@H]1CC[C@H]2[C@@H]3CC[C@@H]4/C(=C\c5ccco5)C(=O)/C(=C\c5ccco5)C[C@]4(C)[C@H]3CC[C@]12C)C(C)C. The van der Waals surface area contributed by atoms with Gasteiger partial charge in [0.05, 0.1) is 12.5 Å². The third-order valence-electron chi connectivity index (χ3n) is 13.3. The van der Waals surface area contributed by atoms with Gasteiger partial charge in [-0.2, -0.15) is 0 Å². The summed E-state index contributed by atoms with van der Waals surface area (Å²) >= 11 is 0. The van der Waals surface area contributed by atoms with Crippen LogP contribution in [-0.2, 0) is 4.79 Å². The van der Waals surface area contributed by atoms with Crippen molar-refractivity contribution >= 4 is 17.9 Å². The Balaban J connectivity index is 1.28. The lowest BCUT2D eigenvalue weighted by Gasteiger charge is -2.61. The molecule has 2 aromatic heterocycles. The number of rotatable bonds is 8. The number of hydrogen-bond acceptors (Lipinski definition) is 3. The quantitative estimate of drug-likeness (QED) is 0.296. The molecule has 0 bridgehead atoms. The number of carbonyl (C=O) groups excluding carboxylic acids is 1. The largest absolute Gasteiger partial charge is 0.465 e. The van der Waals surface area contributed by atoms with E-state index in [4.69, 9.17) is 8.83 Å². The molecule has 0 spiro atoms. The van der Waals surface area contributed by atoms with E-state index in [2.05, 4.69) is 47.6 Å². The second-order valence-corrected chi connectivity index (χ2v) is 15.5. The topological polar surface area (TPSA) is 43.4 Å². The van der Waals surface area contributed by atoms with Crippen LogP contribution in [0.5, 0.6) is 0 Å². The molecule has 4 fully saturated rings. The number of ketones is 1. The molecule has 6 rings (SSSR count). The lowest BCUT2D eigenvalue weighted by molar-refractivity contribution is -0.123. The smallest absolute Gasteiger partial charge is 0.185 e. The van der Waals surface area contributed by atoms with Gasteiger partial charge < -0.3 is 8.83 Å². The maximum atomic E-state index is 14.0. The van der Waals surface area contributed by atoms with Gasteiger partial charge in [0.15, 0.2) is 5.78 Å². The highest BCUT2D eigenvalue weighted by Gasteiger charge is 2.62. The zero-order valence-corrected chi connectivity index (χ0v) is 27.0. The summed E-state index contributed by atoms with van der Waals surface area (Å²) in [5.74, 6) is 7.60. The first kappa shape index (κ1) is 29.8. The molecule has 4 aliphatic rings. The van der Waals surface area contributed by atoms with Crippen molar-refractivity contribution in [1.82, 2.24) is 0 Å². The molecule has 3 heteroatoms. The van der Waals surface area contributed by atoms with Crippen molar-refractivity contribution in [3.63, 3.8) is 0 Å². The maximum Gasteiger partial charge on any atom is 0.185 e. The van der Waals surface area contributed by atoms with Crippen LogP contribution in [0.3, 0.4) is 0 Å². The van der Waals surface area contributed by atoms with Crippen LogP contribution in [0, 0.1) is 58.2 Å². The molecule has 0 amide bonds. The van der Waals surface area contributed by atoms with Crippen LogP contribution in [0.2, 0.25) is 0 Å². The minimum atomic E-state index is 0.0737. The molecule has 0 radical (unpaired) electrons. The van der Waals surface area contributed by atoms with E-state index < -0.39 is 0 Å². The molecule has 0 aliphatic heterocycles. The first-order valence-electron chi connectivity index (χ1n) is 17.2. The highest BCUT2D eigenvalue weighted by atomic mass is 16.3. The van der Waals surface area contributed by atoms with Gasteiger partial charge in [-0.1, -0.05) is 54.4 Å². The predicted molar refractivity (Wildman–Crippen MR) is 171 cm³/mol. The fraction of sp³-hybridized carbons (Fsp3) is 0.667. The second-order valence-electron chi connectivity index (χ2n) is 15.5. The number of allylic oxidation sites excluding steroid dienone is 2. The predicted octanol–water partition coefficient (Wildman–Crippen LogP) is 10.9. The molecule has 0 saturated heterocycles. The third-order valence-corrected chi connectivity index (χ3v) is 13.3. The summed E-state index contributed by atoms with van der Waals surface area (Å²) in [5, 5.41) is 0. The Kier molecular flexibility index (Phi) is 8.26. The lowest BCUT2D eigenvalue weighted by atomic mass is 9.43. The summed E-state index contributed by atoms with van der Waals surface area (Å²) < 4.78 is 11.4. The fourth-order valence-corrected chi connectivity index (χ4v) is 11.1. The monoisotopic (exact) mass is 570 g/mol. The molecule has 0 unspecified atom stereocenters. The molecular formula is C39H54O3. The van der Waals surface area contributed by atoms with E-state index in [1.54, 1.807) is 12.5 Å². The Hall–Kier alpha value is -2.29. The first-order chi connectivity index (χ1) is 20.2. The molecule has 2 aromatic rings. The lowest BCUT2D eigenvalue weighted by Crippen LogP contribution is -2.54. The van der Waals surface area contributed by atoms with Gasteiger partial charge in [0, 0.05) is 11.1 Å². The normalized spacial score (nSPS) is 38.0. The Bertz CT molecular complexity index is 1280. The first-order valence-corrected chi connectivity index (χ1v) is 17.2. The van der Waals surface area contributed by atoms with Crippen LogP contribution in [0.4, 0.5) is 0 Å². The summed E-state index contributed by atoms with van der Waals surface area (Å²) in [7, 11) is 0.